The molecule has 4 N–H and O–H groups in total. The highest BCUT2D eigenvalue weighted by Gasteiger charge is 2.71. The number of anilines is 1. The summed E-state index contributed by atoms with van der Waals surface area (Å²) in [5, 5.41) is 24.8. The van der Waals surface area contributed by atoms with Crippen molar-refractivity contribution in [2.75, 3.05) is 31.5 Å². The van der Waals surface area contributed by atoms with E-state index < -0.39 is 29.5 Å². The molecule has 1 saturated heterocycles. The van der Waals surface area contributed by atoms with E-state index in [4.69, 9.17) is 11.6 Å². The number of nitrogens with one attached hydrogen (secondary N) is 2. The fraction of sp³-hybridized carbons (Fsp3) is 0.500. The van der Waals surface area contributed by atoms with Crippen molar-refractivity contribution < 1.29 is 46.1 Å². The van der Waals surface area contributed by atoms with Gasteiger partial charge in [-0.2, -0.15) is 26.3 Å². The zero-order valence-corrected chi connectivity index (χ0v) is 23.6. The van der Waals surface area contributed by atoms with Gasteiger partial charge in [0.25, 0.3) is 11.5 Å². The summed E-state index contributed by atoms with van der Waals surface area (Å²) in [6.45, 7) is 1.50. The van der Waals surface area contributed by atoms with Gasteiger partial charge in [-0.15, -0.1) is 0 Å². The molecule has 0 radical (unpaired) electrons. The Labute approximate surface area is 248 Å². The second kappa shape index (κ2) is 12.9. The van der Waals surface area contributed by atoms with Crippen molar-refractivity contribution in [1.29, 1.82) is 0 Å². The van der Waals surface area contributed by atoms with Crippen LogP contribution < -0.4 is 10.6 Å². The normalized spacial score (nSPS) is 20.5. The molecule has 15 heteroatoms. The molecule has 2 aliphatic rings. The lowest BCUT2D eigenvalue weighted by molar-refractivity contribution is -0.376. The van der Waals surface area contributed by atoms with Crippen molar-refractivity contribution in [3.05, 3.63) is 64.2 Å². The number of carbonyl (C=O) groups is 2. The number of urea groups is 1. The van der Waals surface area contributed by atoms with Gasteiger partial charge in [0.15, 0.2) is 0 Å². The molecule has 0 spiro atoms. The highest BCUT2D eigenvalue weighted by molar-refractivity contribution is 6.36. The minimum absolute atomic E-state index is 0.0712. The minimum atomic E-state index is -5.96. The summed E-state index contributed by atoms with van der Waals surface area (Å²) >= 11 is 6.47. The summed E-state index contributed by atoms with van der Waals surface area (Å²) in [7, 11) is 0. The topological polar surface area (TPSA) is 105 Å². The first-order chi connectivity index (χ1) is 20.1. The highest BCUT2D eigenvalue weighted by atomic mass is 35.5. The van der Waals surface area contributed by atoms with Crippen LogP contribution in [-0.4, -0.2) is 82.6 Å². The van der Waals surface area contributed by atoms with Crippen molar-refractivity contribution in [2.45, 2.75) is 62.3 Å². The van der Waals surface area contributed by atoms with E-state index in [1.165, 1.54) is 6.07 Å². The molecule has 4 rings (SSSR count). The summed E-state index contributed by atoms with van der Waals surface area (Å²) in [6.07, 6.45) is -9.77. The summed E-state index contributed by atoms with van der Waals surface area (Å²) in [6, 6.07) is 7.55. The Balaban J connectivity index is 1.33. The zero-order valence-electron chi connectivity index (χ0n) is 22.8. The molecule has 1 heterocycles. The van der Waals surface area contributed by atoms with E-state index in [-0.39, 0.29) is 54.0 Å². The predicted molar refractivity (Wildman–Crippen MR) is 145 cm³/mol. The largest absolute Gasteiger partial charge is 0.430 e. The molecule has 2 aromatic carbocycles. The number of aliphatic hydroxyl groups excluding tert-OH is 1. The van der Waals surface area contributed by atoms with Gasteiger partial charge in [0.05, 0.1) is 22.4 Å². The smallest absolute Gasteiger partial charge is 0.393 e. The second-order valence-corrected chi connectivity index (χ2v) is 11.1. The number of hydrogen-bond donors (Lipinski definition) is 4. The molecule has 236 valence electrons. The van der Waals surface area contributed by atoms with E-state index in [2.05, 4.69) is 10.6 Å². The van der Waals surface area contributed by atoms with Gasteiger partial charge in [-0.25, -0.2) is 4.79 Å². The van der Waals surface area contributed by atoms with Crippen molar-refractivity contribution in [1.82, 2.24) is 15.1 Å². The molecular weight excluding hydrogens is 606 g/mol. The average molecular weight is 637 g/mol. The molecule has 0 aromatic heterocycles. The Morgan fingerprint density at radius 3 is 2.02 bits per heavy atom. The van der Waals surface area contributed by atoms with E-state index in [1.807, 2.05) is 4.90 Å². The first-order valence-corrected chi connectivity index (χ1v) is 14.0. The van der Waals surface area contributed by atoms with E-state index >= 15 is 0 Å². The van der Waals surface area contributed by atoms with Gasteiger partial charge in [-0.1, -0.05) is 41.9 Å². The lowest BCUT2D eigenvalue weighted by Crippen LogP contribution is -2.53. The van der Waals surface area contributed by atoms with E-state index in [0.29, 0.717) is 56.5 Å². The summed E-state index contributed by atoms with van der Waals surface area (Å²) in [4.78, 5) is 29.2. The second-order valence-electron chi connectivity index (χ2n) is 10.7. The lowest BCUT2D eigenvalue weighted by Gasteiger charge is -2.35. The number of aliphatic hydroxyl groups is 2. The van der Waals surface area contributed by atoms with Crippen LogP contribution in [0.4, 0.5) is 36.8 Å². The summed E-state index contributed by atoms with van der Waals surface area (Å²) < 4.78 is 78.8. The van der Waals surface area contributed by atoms with Gasteiger partial charge in [0.2, 0.25) is 0 Å². The molecule has 2 fully saturated rings. The van der Waals surface area contributed by atoms with E-state index in [0.717, 1.165) is 12.1 Å². The number of piperazine rings is 1. The standard InChI is InChI=1S/C28H31ClF6N4O4/c29-23-21(2-1-3-22(23)37-25(42)36-19-8-10-20(40)11-9-19)24(41)39-14-12-38(13-15-39)16-17-4-6-18(7-5-17)26(43,27(30,31)32)28(33,34)35/h1-7,19-20,40,43H,8-16H2,(H2,36,37,42). The van der Waals surface area contributed by atoms with Crippen LogP contribution in [-0.2, 0) is 12.1 Å². The third-order valence-corrected chi connectivity index (χ3v) is 8.17. The Hall–Kier alpha value is -3.07. The predicted octanol–water partition coefficient (Wildman–Crippen LogP) is 5.04. The molecular formula is C28H31ClF6N4O4. The average Bonchev–Trinajstić information content (AvgIpc) is 2.94. The molecule has 2 aromatic rings. The Morgan fingerprint density at radius 2 is 1.47 bits per heavy atom. The van der Waals surface area contributed by atoms with Crippen molar-refractivity contribution >= 4 is 29.2 Å². The van der Waals surface area contributed by atoms with Gasteiger partial charge in [-0.05, 0) is 43.4 Å². The third-order valence-electron chi connectivity index (χ3n) is 7.77. The molecule has 1 saturated carbocycles. The molecule has 43 heavy (non-hydrogen) atoms. The number of benzene rings is 2. The number of alkyl halides is 6. The molecule has 8 nitrogen and oxygen atoms in total. The Morgan fingerprint density at radius 1 is 0.884 bits per heavy atom. The number of carbonyl (C=O) groups excluding carboxylic acids is 2. The minimum Gasteiger partial charge on any atom is -0.393 e. The maximum absolute atomic E-state index is 13.2. The number of halogens is 7. The molecule has 1 aliphatic carbocycles. The maximum atomic E-state index is 13.2. The monoisotopic (exact) mass is 636 g/mol. The van der Waals surface area contributed by atoms with Crippen molar-refractivity contribution in [3.63, 3.8) is 0 Å². The Kier molecular flexibility index (Phi) is 9.84. The van der Waals surface area contributed by atoms with Crippen LogP contribution in [0.1, 0.15) is 47.2 Å². The van der Waals surface area contributed by atoms with Crippen LogP contribution in [0.3, 0.4) is 0 Å². The quantitative estimate of drug-likeness (QED) is 0.333. The SMILES string of the molecule is O=C(Nc1cccc(C(=O)N2CCN(Cc3ccc(C(O)(C(F)(F)F)C(F)(F)F)cc3)CC2)c1Cl)NC1CCC(O)CC1. The Bertz CT molecular complexity index is 1280. The number of rotatable bonds is 6. The number of amides is 3. The zero-order chi connectivity index (χ0) is 31.6. The maximum Gasteiger partial charge on any atom is 0.430 e. The number of nitrogens with zero attached hydrogens (tertiary/aromatic N) is 2. The molecule has 1 aliphatic heterocycles. The van der Waals surface area contributed by atoms with Crippen LogP contribution in [0.15, 0.2) is 42.5 Å². The first-order valence-electron chi connectivity index (χ1n) is 13.6. The van der Waals surface area contributed by atoms with Gasteiger partial charge in [0, 0.05) is 44.3 Å². The third kappa shape index (κ3) is 7.36. The lowest BCUT2D eigenvalue weighted by atomic mass is 9.91. The fourth-order valence-electron chi connectivity index (χ4n) is 5.23. The summed E-state index contributed by atoms with van der Waals surface area (Å²) in [5.74, 6) is -0.363. The molecule has 0 atom stereocenters. The fourth-order valence-corrected chi connectivity index (χ4v) is 5.49. The molecule has 0 unspecified atom stereocenters. The molecule has 0 bridgehead atoms. The van der Waals surface area contributed by atoms with Crippen molar-refractivity contribution in [3.8, 4) is 0 Å². The molecule has 3 amide bonds. The summed E-state index contributed by atoms with van der Waals surface area (Å²) in [5.41, 5.74) is -5.44. The van der Waals surface area contributed by atoms with Crippen LogP contribution in [0.2, 0.25) is 5.02 Å². The van der Waals surface area contributed by atoms with Crippen LogP contribution in [0, 0.1) is 0 Å². The van der Waals surface area contributed by atoms with Crippen LogP contribution in [0.5, 0.6) is 0 Å². The van der Waals surface area contributed by atoms with Crippen LogP contribution in [0.25, 0.3) is 0 Å². The van der Waals surface area contributed by atoms with Crippen molar-refractivity contribution in [2.24, 2.45) is 0 Å². The highest BCUT2D eigenvalue weighted by Crippen LogP contribution is 2.50. The van der Waals surface area contributed by atoms with Gasteiger partial charge in [0.1, 0.15) is 0 Å². The van der Waals surface area contributed by atoms with E-state index in [9.17, 15) is 46.1 Å². The first kappa shape index (κ1) is 32.8. The van der Waals surface area contributed by atoms with E-state index in [1.54, 1.807) is 17.0 Å². The van der Waals surface area contributed by atoms with Gasteiger partial charge in [-0.3, -0.25) is 9.69 Å². The number of hydrogen-bond acceptors (Lipinski definition) is 5. The van der Waals surface area contributed by atoms with Gasteiger partial charge < -0.3 is 25.7 Å². The van der Waals surface area contributed by atoms with Gasteiger partial charge >= 0.3 is 18.4 Å². The van der Waals surface area contributed by atoms with Crippen LogP contribution >= 0.6 is 11.6 Å².